The molecule has 0 bridgehead atoms. The lowest BCUT2D eigenvalue weighted by molar-refractivity contribution is 0.0900. The largest absolute Gasteiger partial charge is 0.382 e. The minimum absolute atomic E-state index is 0.0886. The van der Waals surface area contributed by atoms with Crippen LogP contribution in [0.1, 0.15) is 83.6 Å². The first-order valence-corrected chi connectivity index (χ1v) is 11.7. The lowest BCUT2D eigenvalue weighted by Gasteiger charge is -2.31. The van der Waals surface area contributed by atoms with Gasteiger partial charge in [0.15, 0.2) is 5.78 Å². The summed E-state index contributed by atoms with van der Waals surface area (Å²) in [6, 6.07) is 3.39. The Bertz CT molecular complexity index is 1150. The second-order valence-electron chi connectivity index (χ2n) is 10.5. The number of fused-ring (bicyclic) bond motifs is 3. The van der Waals surface area contributed by atoms with Gasteiger partial charge in [-0.3, -0.25) is 9.59 Å². The number of amides is 1. The summed E-state index contributed by atoms with van der Waals surface area (Å²) in [5.41, 5.74) is 15.6. The van der Waals surface area contributed by atoms with Crippen LogP contribution in [0.5, 0.6) is 0 Å². The van der Waals surface area contributed by atoms with Crippen LogP contribution in [0.2, 0.25) is 0 Å². The number of Topliss-reactive ketones (excluding diaryl/α,β-unsaturated/α-hetero) is 1. The molecule has 2 heterocycles. The fourth-order valence-electron chi connectivity index (χ4n) is 5.70. The number of primary amides is 1. The summed E-state index contributed by atoms with van der Waals surface area (Å²) in [4.78, 5) is 25.2. The Labute approximate surface area is 192 Å². The molecule has 7 nitrogen and oxygen atoms in total. The molecule has 0 spiro atoms. The van der Waals surface area contributed by atoms with Gasteiger partial charge in [0.2, 0.25) is 0 Å². The molecule has 3 aliphatic rings. The maximum atomic E-state index is 15.3. The zero-order chi connectivity index (χ0) is 23.5. The van der Waals surface area contributed by atoms with Gasteiger partial charge in [-0.15, -0.1) is 0 Å². The summed E-state index contributed by atoms with van der Waals surface area (Å²) in [7, 11) is 0. The molecule has 2 aromatic rings. The molecular formula is C25H31FN4O3. The maximum Gasteiger partial charge on any atom is 0.253 e. The van der Waals surface area contributed by atoms with Crippen molar-refractivity contribution < 1.29 is 18.7 Å². The topological polar surface area (TPSA) is 112 Å². The minimum atomic E-state index is -0.812. The summed E-state index contributed by atoms with van der Waals surface area (Å²) in [6.45, 7) is 4.89. The van der Waals surface area contributed by atoms with Crippen molar-refractivity contribution in [3.05, 3.63) is 46.0 Å². The Morgan fingerprint density at radius 3 is 2.58 bits per heavy atom. The van der Waals surface area contributed by atoms with Gasteiger partial charge >= 0.3 is 0 Å². The van der Waals surface area contributed by atoms with Gasteiger partial charge < -0.3 is 26.1 Å². The summed E-state index contributed by atoms with van der Waals surface area (Å²) in [5.74, 6) is -1.38. The predicted octanol–water partition coefficient (Wildman–Crippen LogP) is 3.58. The number of carbonyl (C=O) groups is 2. The van der Waals surface area contributed by atoms with Gasteiger partial charge in [-0.2, -0.15) is 0 Å². The Hall–Kier alpha value is -2.71. The van der Waals surface area contributed by atoms with E-state index in [0.717, 1.165) is 48.2 Å². The Kier molecular flexibility index (Phi) is 5.33. The zero-order valence-corrected chi connectivity index (χ0v) is 19.2. The lowest BCUT2D eigenvalue weighted by atomic mass is 9.75. The molecule has 5 rings (SSSR count). The number of halogens is 1. The first-order valence-electron chi connectivity index (χ1n) is 11.7. The number of nitrogens with zero attached hydrogens (tertiary/aromatic N) is 1. The van der Waals surface area contributed by atoms with Crippen LogP contribution in [-0.4, -0.2) is 28.3 Å². The third-order valence-electron chi connectivity index (χ3n) is 7.24. The van der Waals surface area contributed by atoms with Gasteiger partial charge in [0.05, 0.1) is 35.8 Å². The number of rotatable bonds is 4. The summed E-state index contributed by atoms with van der Waals surface area (Å²) < 4.78 is 22.9. The Morgan fingerprint density at radius 2 is 1.88 bits per heavy atom. The van der Waals surface area contributed by atoms with Crippen LogP contribution in [0.3, 0.4) is 0 Å². The van der Waals surface area contributed by atoms with E-state index in [1.165, 1.54) is 6.07 Å². The van der Waals surface area contributed by atoms with Crippen LogP contribution in [0.4, 0.5) is 10.1 Å². The fourth-order valence-corrected chi connectivity index (χ4v) is 5.70. The van der Waals surface area contributed by atoms with E-state index >= 15 is 4.39 Å². The van der Waals surface area contributed by atoms with Crippen molar-refractivity contribution in [2.45, 2.75) is 77.7 Å². The molecule has 2 aliphatic carbocycles. The number of carbonyl (C=O) groups excluding carboxylic acids is 2. The van der Waals surface area contributed by atoms with E-state index in [0.29, 0.717) is 37.4 Å². The third-order valence-corrected chi connectivity index (χ3v) is 7.24. The molecule has 1 fully saturated rings. The molecule has 0 unspecified atom stereocenters. The third kappa shape index (κ3) is 3.85. The van der Waals surface area contributed by atoms with E-state index in [-0.39, 0.29) is 28.8 Å². The molecule has 1 saturated carbocycles. The van der Waals surface area contributed by atoms with Crippen LogP contribution >= 0.6 is 0 Å². The van der Waals surface area contributed by atoms with Crippen LogP contribution in [0.25, 0.3) is 5.69 Å². The molecule has 1 amide bonds. The zero-order valence-electron chi connectivity index (χ0n) is 19.2. The monoisotopic (exact) mass is 454 g/mol. The fraction of sp³-hybridized carbons (Fsp3) is 0.520. The summed E-state index contributed by atoms with van der Waals surface area (Å²) >= 11 is 0. The number of nitrogens with two attached hydrogens (primary N) is 2. The van der Waals surface area contributed by atoms with Crippen molar-refractivity contribution in [1.29, 1.82) is 0 Å². The van der Waals surface area contributed by atoms with E-state index < -0.39 is 11.7 Å². The quantitative estimate of drug-likeness (QED) is 0.654. The first-order chi connectivity index (χ1) is 15.6. The highest BCUT2D eigenvalue weighted by Crippen LogP contribution is 2.43. The highest BCUT2D eigenvalue weighted by atomic mass is 19.1. The van der Waals surface area contributed by atoms with E-state index in [2.05, 4.69) is 19.2 Å². The molecule has 5 N–H and O–H groups in total. The van der Waals surface area contributed by atoms with Crippen molar-refractivity contribution in [1.82, 2.24) is 4.57 Å². The molecule has 8 heteroatoms. The van der Waals surface area contributed by atoms with E-state index in [1.807, 2.05) is 4.57 Å². The molecule has 0 radical (unpaired) electrons. The molecular weight excluding hydrogens is 423 g/mol. The van der Waals surface area contributed by atoms with Crippen molar-refractivity contribution in [2.75, 3.05) is 5.32 Å². The van der Waals surface area contributed by atoms with Gasteiger partial charge in [0.25, 0.3) is 5.91 Å². The van der Waals surface area contributed by atoms with E-state index in [1.54, 1.807) is 6.07 Å². The van der Waals surface area contributed by atoms with Crippen LogP contribution < -0.4 is 16.8 Å². The van der Waals surface area contributed by atoms with Gasteiger partial charge in [-0.05, 0) is 49.7 Å². The summed E-state index contributed by atoms with van der Waals surface area (Å²) in [6.07, 6.45) is 4.61. The van der Waals surface area contributed by atoms with Crippen molar-refractivity contribution in [2.24, 2.45) is 16.9 Å². The Balaban J connectivity index is 1.64. The SMILES string of the molecule is CC1(C)CC(=O)c2c3c(n(-c4cc(F)c(C(N)=O)c(N[C@H]5CC[C@H](N)CC5)c4)c2C1)COC3. The van der Waals surface area contributed by atoms with Gasteiger partial charge in [-0.1, -0.05) is 13.8 Å². The molecule has 1 aromatic carbocycles. The number of anilines is 1. The van der Waals surface area contributed by atoms with Crippen LogP contribution in [0.15, 0.2) is 12.1 Å². The van der Waals surface area contributed by atoms with Gasteiger partial charge in [-0.25, -0.2) is 4.39 Å². The summed E-state index contributed by atoms with van der Waals surface area (Å²) in [5, 5.41) is 3.36. The second-order valence-corrected chi connectivity index (χ2v) is 10.5. The second kappa shape index (κ2) is 7.95. The standard InChI is InChI=1S/C25H31FN4O3/c1-25(2)9-19-22(21(31)10-25)16-11-33-12-20(16)30(19)15-7-17(26)23(24(28)32)18(8-15)29-14-5-3-13(27)4-6-14/h7-8,13-14,29H,3-6,9-12,27H2,1-2H3,(H2,28,32)/t13-,14-. The van der Waals surface area contributed by atoms with Crippen LogP contribution in [-0.2, 0) is 24.4 Å². The van der Waals surface area contributed by atoms with Crippen molar-refractivity contribution in [3.63, 3.8) is 0 Å². The van der Waals surface area contributed by atoms with Gasteiger partial charge in [0, 0.05) is 35.3 Å². The highest BCUT2D eigenvalue weighted by molar-refractivity contribution is 6.01. The maximum absolute atomic E-state index is 15.3. The molecule has 33 heavy (non-hydrogen) atoms. The number of nitrogens with one attached hydrogen (secondary N) is 1. The smallest absolute Gasteiger partial charge is 0.253 e. The van der Waals surface area contributed by atoms with Crippen LogP contribution in [0, 0.1) is 11.2 Å². The predicted molar refractivity (Wildman–Crippen MR) is 123 cm³/mol. The van der Waals surface area contributed by atoms with E-state index in [4.69, 9.17) is 16.2 Å². The number of hydrogen-bond acceptors (Lipinski definition) is 5. The molecule has 0 atom stereocenters. The number of aromatic nitrogens is 1. The van der Waals surface area contributed by atoms with E-state index in [9.17, 15) is 9.59 Å². The number of ketones is 1. The van der Waals surface area contributed by atoms with Gasteiger partial charge in [0.1, 0.15) is 5.82 Å². The average Bonchev–Trinajstić information content (AvgIpc) is 3.28. The Morgan fingerprint density at radius 1 is 1.15 bits per heavy atom. The van der Waals surface area contributed by atoms with Crippen molar-refractivity contribution >= 4 is 17.4 Å². The number of benzene rings is 1. The molecule has 0 saturated heterocycles. The normalized spacial score (nSPS) is 23.8. The number of ether oxygens (including phenoxy) is 1. The lowest BCUT2D eigenvalue weighted by Crippen LogP contribution is -2.33. The highest BCUT2D eigenvalue weighted by Gasteiger charge is 2.39. The molecule has 176 valence electrons. The minimum Gasteiger partial charge on any atom is -0.382 e. The first kappa shape index (κ1) is 22.1. The molecule has 1 aromatic heterocycles. The van der Waals surface area contributed by atoms with Crippen molar-refractivity contribution in [3.8, 4) is 5.69 Å². The average molecular weight is 455 g/mol. The number of hydrogen-bond donors (Lipinski definition) is 3. The molecule has 1 aliphatic heterocycles.